The molecule has 24 heavy (non-hydrogen) atoms. The van der Waals surface area contributed by atoms with E-state index in [0.29, 0.717) is 4.31 Å². The number of amides is 1. The van der Waals surface area contributed by atoms with Gasteiger partial charge in [-0.05, 0) is 12.1 Å². The third-order valence-electron chi connectivity index (χ3n) is 4.31. The molecule has 134 valence electrons. The van der Waals surface area contributed by atoms with Gasteiger partial charge in [0.1, 0.15) is 0 Å². The summed E-state index contributed by atoms with van der Waals surface area (Å²) in [6.07, 6.45) is 0.758. The van der Waals surface area contributed by atoms with Crippen molar-refractivity contribution < 1.29 is 35.5 Å². The Balaban J connectivity index is 1.61. The SMILES string of the molecule is O=C(NC[C@H]1CO[C@@H]2CN(S(=O)(=O)C(F)(F)F)C[C@H]12)c1ccco1. The van der Waals surface area contributed by atoms with Crippen molar-refractivity contribution in [2.45, 2.75) is 11.6 Å². The summed E-state index contributed by atoms with van der Waals surface area (Å²) in [5.74, 6) is -0.972. The monoisotopic (exact) mass is 368 g/mol. The van der Waals surface area contributed by atoms with Crippen LogP contribution < -0.4 is 5.32 Å². The number of ether oxygens (including phenoxy) is 1. The first kappa shape index (κ1) is 17.2. The van der Waals surface area contributed by atoms with Crippen LogP contribution in [0.4, 0.5) is 13.2 Å². The summed E-state index contributed by atoms with van der Waals surface area (Å²) in [6.45, 7) is -0.169. The molecule has 0 radical (unpaired) electrons. The summed E-state index contributed by atoms with van der Waals surface area (Å²) in [5, 5.41) is 2.62. The smallest absolute Gasteiger partial charge is 0.459 e. The maximum atomic E-state index is 12.6. The van der Waals surface area contributed by atoms with Crippen molar-refractivity contribution in [2.24, 2.45) is 11.8 Å². The van der Waals surface area contributed by atoms with E-state index in [1.807, 2.05) is 0 Å². The molecule has 0 bridgehead atoms. The van der Waals surface area contributed by atoms with E-state index in [1.165, 1.54) is 12.3 Å². The quantitative estimate of drug-likeness (QED) is 0.850. The Bertz CT molecular complexity index is 704. The van der Waals surface area contributed by atoms with Gasteiger partial charge in [-0.3, -0.25) is 4.79 Å². The molecule has 3 rings (SSSR count). The molecule has 3 atom stereocenters. The average molecular weight is 368 g/mol. The summed E-state index contributed by atoms with van der Waals surface area (Å²) in [5.41, 5.74) is -5.32. The van der Waals surface area contributed by atoms with Crippen LogP contribution in [0.25, 0.3) is 0 Å². The number of carbonyl (C=O) groups is 1. The van der Waals surface area contributed by atoms with Gasteiger partial charge in [0, 0.05) is 31.5 Å². The van der Waals surface area contributed by atoms with E-state index >= 15 is 0 Å². The van der Waals surface area contributed by atoms with E-state index in [-0.39, 0.29) is 43.8 Å². The van der Waals surface area contributed by atoms with Gasteiger partial charge in [0.25, 0.3) is 5.91 Å². The van der Waals surface area contributed by atoms with Crippen molar-refractivity contribution in [3.05, 3.63) is 24.2 Å². The topological polar surface area (TPSA) is 88.9 Å². The van der Waals surface area contributed by atoms with Crippen LogP contribution in [0, 0.1) is 11.8 Å². The van der Waals surface area contributed by atoms with Gasteiger partial charge in [-0.1, -0.05) is 0 Å². The van der Waals surface area contributed by atoms with E-state index in [9.17, 15) is 26.4 Å². The van der Waals surface area contributed by atoms with Gasteiger partial charge in [0.2, 0.25) is 0 Å². The van der Waals surface area contributed by atoms with Crippen molar-refractivity contribution in [2.75, 3.05) is 26.2 Å². The second kappa shape index (κ2) is 6.05. The molecule has 1 amide bonds. The molecule has 1 N–H and O–H groups in total. The van der Waals surface area contributed by atoms with Crippen LogP contribution in [0.5, 0.6) is 0 Å². The number of carbonyl (C=O) groups excluding carboxylic acids is 1. The van der Waals surface area contributed by atoms with E-state index in [0.717, 1.165) is 0 Å². The van der Waals surface area contributed by atoms with Crippen LogP contribution >= 0.6 is 0 Å². The number of alkyl halides is 3. The second-order valence-electron chi connectivity index (χ2n) is 5.75. The molecular formula is C13H15F3N2O5S. The predicted octanol–water partition coefficient (Wildman–Crippen LogP) is 0.806. The molecule has 2 fully saturated rings. The van der Waals surface area contributed by atoms with Crippen molar-refractivity contribution >= 4 is 15.9 Å². The zero-order valence-electron chi connectivity index (χ0n) is 12.3. The van der Waals surface area contributed by atoms with Gasteiger partial charge in [0.05, 0.1) is 19.0 Å². The predicted molar refractivity (Wildman–Crippen MR) is 74.3 cm³/mol. The van der Waals surface area contributed by atoms with Gasteiger partial charge >= 0.3 is 15.5 Å². The number of sulfonamides is 1. The molecule has 7 nitrogen and oxygen atoms in total. The molecule has 3 heterocycles. The summed E-state index contributed by atoms with van der Waals surface area (Å²) < 4.78 is 71.6. The number of fused-ring (bicyclic) bond motifs is 1. The minimum Gasteiger partial charge on any atom is -0.459 e. The third-order valence-corrected chi connectivity index (χ3v) is 5.87. The molecule has 2 aliphatic heterocycles. The number of halogens is 3. The van der Waals surface area contributed by atoms with E-state index in [4.69, 9.17) is 9.15 Å². The van der Waals surface area contributed by atoms with E-state index in [2.05, 4.69) is 5.32 Å². The number of rotatable bonds is 4. The molecule has 2 saturated heterocycles. The summed E-state index contributed by atoms with van der Waals surface area (Å²) >= 11 is 0. The van der Waals surface area contributed by atoms with E-state index < -0.39 is 27.5 Å². The molecule has 1 aromatic heterocycles. The van der Waals surface area contributed by atoms with Gasteiger partial charge in [0.15, 0.2) is 5.76 Å². The minimum atomic E-state index is -5.36. The second-order valence-corrected chi connectivity index (χ2v) is 7.68. The number of hydrogen-bond acceptors (Lipinski definition) is 5. The first-order valence-corrected chi connectivity index (χ1v) is 8.64. The lowest BCUT2D eigenvalue weighted by atomic mass is 9.93. The Hall–Kier alpha value is -1.59. The molecule has 0 unspecified atom stereocenters. The van der Waals surface area contributed by atoms with Crippen molar-refractivity contribution in [3.8, 4) is 0 Å². The molecule has 0 aromatic carbocycles. The summed E-state index contributed by atoms with van der Waals surface area (Å²) in [7, 11) is -5.36. The Morgan fingerprint density at radius 2 is 2.12 bits per heavy atom. The van der Waals surface area contributed by atoms with Crippen LogP contribution in [0.2, 0.25) is 0 Å². The lowest BCUT2D eigenvalue weighted by Crippen LogP contribution is -2.41. The van der Waals surface area contributed by atoms with Crippen LogP contribution in [0.15, 0.2) is 22.8 Å². The Morgan fingerprint density at radius 3 is 2.75 bits per heavy atom. The molecule has 11 heteroatoms. The van der Waals surface area contributed by atoms with Crippen LogP contribution in [-0.2, 0) is 14.8 Å². The molecule has 1 aromatic rings. The zero-order valence-corrected chi connectivity index (χ0v) is 13.1. The molecule has 0 saturated carbocycles. The largest absolute Gasteiger partial charge is 0.511 e. The molecular weight excluding hydrogens is 353 g/mol. The van der Waals surface area contributed by atoms with Crippen LogP contribution in [0.3, 0.4) is 0 Å². The van der Waals surface area contributed by atoms with Crippen LogP contribution in [0.1, 0.15) is 10.6 Å². The highest BCUT2D eigenvalue weighted by Gasteiger charge is 2.55. The lowest BCUT2D eigenvalue weighted by Gasteiger charge is -2.20. The number of nitrogens with one attached hydrogen (secondary N) is 1. The maximum Gasteiger partial charge on any atom is 0.511 e. The molecule has 0 aliphatic carbocycles. The normalized spacial score (nSPS) is 28.0. The van der Waals surface area contributed by atoms with Gasteiger partial charge < -0.3 is 14.5 Å². The fraction of sp³-hybridized carbons (Fsp3) is 0.615. The fourth-order valence-corrected chi connectivity index (χ4v) is 4.04. The van der Waals surface area contributed by atoms with E-state index in [1.54, 1.807) is 6.07 Å². The summed E-state index contributed by atoms with van der Waals surface area (Å²) in [4.78, 5) is 11.8. The first-order chi connectivity index (χ1) is 11.2. The highest BCUT2D eigenvalue weighted by Crippen LogP contribution is 2.38. The lowest BCUT2D eigenvalue weighted by molar-refractivity contribution is -0.0488. The molecule has 2 aliphatic rings. The zero-order chi connectivity index (χ0) is 17.5. The Morgan fingerprint density at radius 1 is 1.38 bits per heavy atom. The van der Waals surface area contributed by atoms with Gasteiger partial charge in [-0.2, -0.15) is 17.5 Å². The van der Waals surface area contributed by atoms with Crippen molar-refractivity contribution in [1.82, 2.24) is 9.62 Å². The fourth-order valence-electron chi connectivity index (χ4n) is 3.03. The number of hydrogen-bond donors (Lipinski definition) is 1. The number of nitrogens with zero attached hydrogens (tertiary/aromatic N) is 1. The van der Waals surface area contributed by atoms with Gasteiger partial charge in [-0.25, -0.2) is 8.42 Å². The van der Waals surface area contributed by atoms with Crippen LogP contribution in [-0.4, -0.2) is 56.5 Å². The summed E-state index contributed by atoms with van der Waals surface area (Å²) in [6, 6.07) is 3.04. The Labute approximate surface area is 135 Å². The molecule has 0 spiro atoms. The van der Waals surface area contributed by atoms with Crippen molar-refractivity contribution in [3.63, 3.8) is 0 Å². The minimum absolute atomic E-state index is 0.123. The third kappa shape index (κ3) is 3.03. The highest BCUT2D eigenvalue weighted by atomic mass is 32.2. The Kier molecular flexibility index (Phi) is 4.34. The van der Waals surface area contributed by atoms with Crippen molar-refractivity contribution in [1.29, 1.82) is 0 Å². The standard InChI is InChI=1S/C13H15F3N2O5S/c14-13(15,16)24(20,21)18-5-9-8(7-23-11(9)6-18)4-17-12(19)10-2-1-3-22-10/h1-3,8-9,11H,4-7H2,(H,17,19)/t8-,9+,11+/m0/s1. The first-order valence-electron chi connectivity index (χ1n) is 7.20. The average Bonchev–Trinajstić information content (AvgIpc) is 3.20. The number of furan rings is 1. The maximum absolute atomic E-state index is 12.6. The highest BCUT2D eigenvalue weighted by molar-refractivity contribution is 7.90. The van der Waals surface area contributed by atoms with Gasteiger partial charge in [-0.15, -0.1) is 0 Å².